The van der Waals surface area contributed by atoms with E-state index in [1.54, 1.807) is 18.2 Å². The van der Waals surface area contributed by atoms with E-state index in [-0.39, 0.29) is 50.3 Å². The number of carbonyl (C=O) groups is 8. The van der Waals surface area contributed by atoms with Gasteiger partial charge in [-0.15, -0.1) is 0 Å². The summed E-state index contributed by atoms with van der Waals surface area (Å²) < 4.78 is 165. The normalized spacial score (nSPS) is 13.3. The Labute approximate surface area is 461 Å². The topological polar surface area (TPSA) is 250 Å². The molecule has 3 atom stereocenters. The minimum absolute atomic E-state index is 0.0103. The molecule has 0 aliphatic carbocycles. The van der Waals surface area contributed by atoms with Crippen molar-refractivity contribution >= 4 is 97.7 Å². The number of nitrogens with one attached hydrogen (secondary N) is 3. The molecule has 0 aromatic heterocycles. The van der Waals surface area contributed by atoms with Crippen LogP contribution >= 0.6 is 30.1 Å². The van der Waals surface area contributed by atoms with Gasteiger partial charge in [-0.3, -0.25) is 24.0 Å². The highest BCUT2D eigenvalue weighted by Crippen LogP contribution is 2.22. The largest absolute Gasteiger partial charge is 0.643 e. The molecule has 1 aliphatic heterocycles. The summed E-state index contributed by atoms with van der Waals surface area (Å²) in [5, 5.41) is 21.5. The van der Waals surface area contributed by atoms with Crippen LogP contribution in [-0.2, 0) is 44.7 Å². The van der Waals surface area contributed by atoms with Crippen LogP contribution in [0.3, 0.4) is 0 Å². The Morgan fingerprint density at radius 3 is 1.42 bits per heavy atom. The minimum atomic E-state index is -5.29. The standard InChI is InChI=1S/C13H11F4NO5.C13H13F4NO4.C7H7FO.C6H4F3NO4.C6H16Si.Al.3ClH/c1-23-10-3-2-6(4-7(10)14)9(19)5-8(11(20)21)18-12(22)13(15,16)17;1-22-10-5-3-7(6-8(10)14)2-4-9(11(19)20)18-12(21)13(15,16)17;1-9-7-5-3-2-4-6(7)8;7-6(8,9)5(13)10-2-1-3(11)14-4(2)12;1-4-7(5-2)6-3;;;;/h2-4,8H,5H2,1H3,(H,18,22)(H,20,21);3,5-6,9H,2,4H2,1H3,(H,18,21)(H,19,20);2-5H,1H3;2H,1H2,(H,10,13);7H,4-6H2,1-3H3;;3*1H/q;;;;;+3;;;/p-3. The third kappa shape index (κ3) is 31.4. The molecular weight excluding hydrogens is 1200 g/mol. The first kappa shape index (κ1) is 75.1. The van der Waals surface area contributed by atoms with Gasteiger partial charge in [0.1, 0.15) is 18.1 Å². The van der Waals surface area contributed by atoms with Crippen LogP contribution in [-0.4, -0.2) is 136 Å². The van der Waals surface area contributed by atoms with Crippen molar-refractivity contribution in [1.82, 2.24) is 16.0 Å². The number of halogens is 15. The number of benzene rings is 3. The van der Waals surface area contributed by atoms with Gasteiger partial charge in [0.15, 0.2) is 40.5 Å². The second kappa shape index (κ2) is 37.0. The fourth-order valence-corrected chi connectivity index (χ4v) is 7.29. The molecule has 1 aliphatic rings. The lowest BCUT2D eigenvalue weighted by Gasteiger charge is -2.15. The third-order valence-corrected chi connectivity index (χ3v) is 13.2. The van der Waals surface area contributed by atoms with Gasteiger partial charge in [0.25, 0.3) is 0 Å². The monoisotopic (exact) mass is 1250 g/mol. The Morgan fingerprint density at radius 1 is 0.658 bits per heavy atom. The number of para-hydroxylation sites is 1. The highest BCUT2D eigenvalue weighted by atomic mass is 35.8. The first-order valence-corrected chi connectivity index (χ1v) is 29.9. The predicted octanol–water partition coefficient (Wildman–Crippen LogP) is 8.74. The van der Waals surface area contributed by atoms with Crippen LogP contribution in [0.5, 0.6) is 17.2 Å². The molecule has 0 spiro atoms. The number of carboxylic acids is 2. The van der Waals surface area contributed by atoms with Crippen molar-refractivity contribution in [3.63, 3.8) is 0 Å². The van der Waals surface area contributed by atoms with Gasteiger partial charge in [0, 0.05) is 20.8 Å². The number of rotatable bonds is 17. The maximum Gasteiger partial charge on any atom is 0.643 e. The molecule has 79 heavy (non-hydrogen) atoms. The summed E-state index contributed by atoms with van der Waals surface area (Å²) in [7, 11) is 18.6. The van der Waals surface area contributed by atoms with Crippen molar-refractivity contribution in [2.24, 2.45) is 0 Å². The highest BCUT2D eigenvalue weighted by molar-refractivity contribution is 7.54. The fraction of sp³-hybridized carbons (Fsp3) is 0.422. The third-order valence-electron chi connectivity index (χ3n) is 9.74. The van der Waals surface area contributed by atoms with Crippen molar-refractivity contribution in [3.8, 4) is 17.2 Å². The molecule has 1 saturated heterocycles. The van der Waals surface area contributed by atoms with Crippen molar-refractivity contribution in [2.75, 3.05) is 21.3 Å². The summed E-state index contributed by atoms with van der Waals surface area (Å²) in [5.41, 5.74) is 0.0987. The molecule has 3 amide bonds. The maximum atomic E-state index is 13.5. The van der Waals surface area contributed by atoms with E-state index in [0.717, 1.165) is 24.3 Å². The number of cyclic esters (lactones) is 2. The number of hydrogen-bond acceptors (Lipinski definition) is 12. The van der Waals surface area contributed by atoms with Gasteiger partial charge in [-0.25, -0.2) is 57.7 Å². The van der Waals surface area contributed by atoms with Gasteiger partial charge < -0.3 is 45.1 Å². The van der Waals surface area contributed by atoms with E-state index in [1.165, 1.54) is 73.6 Å². The van der Waals surface area contributed by atoms with Gasteiger partial charge in [0.2, 0.25) is 0 Å². The predicted molar refractivity (Wildman–Crippen MR) is 263 cm³/mol. The van der Waals surface area contributed by atoms with Crippen LogP contribution in [0.15, 0.2) is 60.7 Å². The first-order chi connectivity index (χ1) is 36.4. The smallest absolute Gasteiger partial charge is 0.494 e. The van der Waals surface area contributed by atoms with Crippen LogP contribution in [0, 0.1) is 17.5 Å². The van der Waals surface area contributed by atoms with Crippen molar-refractivity contribution in [2.45, 2.75) is 101 Å². The molecule has 34 heteroatoms. The van der Waals surface area contributed by atoms with E-state index < -0.39 is 120 Å². The molecule has 4 rings (SSSR count). The summed E-state index contributed by atoms with van der Waals surface area (Å²) in [6.45, 7) is 6.97. The number of hydrogen-bond donors (Lipinski definition) is 5. The Morgan fingerprint density at radius 2 is 1.08 bits per heavy atom. The molecule has 3 aromatic rings. The molecule has 1 fully saturated rings. The van der Waals surface area contributed by atoms with Gasteiger partial charge in [-0.2, -0.15) is 39.5 Å². The van der Waals surface area contributed by atoms with E-state index in [9.17, 15) is 91.0 Å². The molecule has 17 nitrogen and oxygen atoms in total. The van der Waals surface area contributed by atoms with Crippen LogP contribution in [0.25, 0.3) is 0 Å². The number of amides is 3. The number of ketones is 1. The number of aliphatic carboxylic acids is 2. The molecule has 0 bridgehead atoms. The maximum absolute atomic E-state index is 13.5. The molecule has 3 unspecified atom stereocenters. The first-order valence-electron chi connectivity index (χ1n) is 22.2. The number of methoxy groups -OCH3 is 3. The number of ether oxygens (including phenoxy) is 4. The van der Waals surface area contributed by atoms with E-state index >= 15 is 0 Å². The van der Waals surface area contributed by atoms with E-state index in [0.29, 0.717) is 5.56 Å². The average molecular weight is 1250 g/mol. The van der Waals surface area contributed by atoms with Crippen molar-refractivity contribution in [1.29, 1.82) is 0 Å². The average Bonchev–Trinajstić information content (AvgIpc) is 3.67. The lowest BCUT2D eigenvalue weighted by atomic mass is 10.0. The molecule has 442 valence electrons. The molecule has 0 radical (unpaired) electrons. The van der Waals surface area contributed by atoms with E-state index in [2.05, 4.69) is 35.0 Å². The molecular formula is C45H51AlCl3F12N3O14Si. The zero-order chi connectivity index (χ0) is 61.6. The van der Waals surface area contributed by atoms with Gasteiger partial charge in [0.05, 0.1) is 27.8 Å². The second-order valence-electron chi connectivity index (χ2n) is 15.2. The summed E-state index contributed by atoms with van der Waals surface area (Å²) in [6.07, 6.45) is -17.4. The summed E-state index contributed by atoms with van der Waals surface area (Å²) >= 11 is -1.72. The lowest BCUT2D eigenvalue weighted by Crippen LogP contribution is -2.47. The summed E-state index contributed by atoms with van der Waals surface area (Å²) in [6, 6.07) is 12.2. The Balaban J connectivity index is 0. The number of carboxylic acid groups (broad SMARTS) is 2. The number of Topliss-reactive ketones (excluding diaryl/α,β-unsaturated/α-hetero) is 1. The van der Waals surface area contributed by atoms with Gasteiger partial charge >= 0.3 is 71.5 Å². The number of alkyl halides is 9. The van der Waals surface area contributed by atoms with Gasteiger partial charge in [-0.05, 0) is 60.9 Å². The number of aryl methyl sites for hydroxylation is 1. The quantitative estimate of drug-likeness (QED) is 0.0279. The summed E-state index contributed by atoms with van der Waals surface area (Å²) in [5.74, 6) is -15.4. The Kier molecular flexibility index (Phi) is 35.2. The van der Waals surface area contributed by atoms with Crippen molar-refractivity contribution in [3.05, 3.63) is 89.2 Å². The van der Waals surface area contributed by atoms with Crippen LogP contribution in [0.2, 0.25) is 18.1 Å². The molecule has 1 heterocycles. The SMILES string of the molecule is CC[SiH](CC)CC.COc1ccc(C(=O)CC(NC(=O)C(F)(F)F)C(=O)O)cc1F.COc1ccc(CCC(NC(=O)C(F)(F)F)C(=O)O)cc1F.COc1ccccc1F.O=C1CC(NC(=O)C(F)(F)F)C(=O)O1.[Cl][Al]([Cl])[Cl]. The van der Waals surface area contributed by atoms with E-state index in [1.807, 2.05) is 0 Å². The van der Waals surface area contributed by atoms with Gasteiger partial charge in [-0.1, -0.05) is 57.1 Å². The highest BCUT2D eigenvalue weighted by Gasteiger charge is 2.44. The number of carbonyl (C=O) groups excluding carboxylic acids is 6. The minimum Gasteiger partial charge on any atom is -0.494 e. The zero-order valence-corrected chi connectivity index (χ0v) is 46.7. The Hall–Kier alpha value is -6.00. The number of esters is 2. The molecule has 3 aromatic carbocycles. The van der Waals surface area contributed by atoms with E-state index in [4.69, 9.17) is 45.1 Å². The Bertz CT molecular complexity index is 2470. The lowest BCUT2D eigenvalue weighted by molar-refractivity contribution is -0.175. The van der Waals surface area contributed by atoms with Crippen LogP contribution in [0.4, 0.5) is 52.7 Å². The molecule has 0 saturated carbocycles. The second-order valence-corrected chi connectivity index (χ2v) is 25.8. The van der Waals surface area contributed by atoms with Crippen LogP contribution in [0.1, 0.15) is 56.0 Å². The summed E-state index contributed by atoms with van der Waals surface area (Å²) in [4.78, 5) is 86.4. The van der Waals surface area contributed by atoms with Crippen LogP contribution < -0.4 is 30.2 Å². The molecule has 5 N–H and O–H groups in total. The fourth-order valence-electron chi connectivity index (χ4n) is 5.56. The van der Waals surface area contributed by atoms with Crippen molar-refractivity contribution < 1.29 is 120 Å². The zero-order valence-electron chi connectivity index (χ0n) is 42.1.